The number of aromatic nitrogens is 2. The van der Waals surface area contributed by atoms with Gasteiger partial charge >= 0.3 is 6.18 Å². The highest BCUT2D eigenvalue weighted by Crippen LogP contribution is 2.24. The van der Waals surface area contributed by atoms with E-state index < -0.39 is 12.6 Å². The monoisotopic (exact) mass is 277 g/mol. The number of hydrogen-bond donors (Lipinski definition) is 1. The molecule has 1 saturated heterocycles. The van der Waals surface area contributed by atoms with Crippen molar-refractivity contribution in [1.82, 2.24) is 15.5 Å². The van der Waals surface area contributed by atoms with E-state index >= 15 is 0 Å². The predicted molar refractivity (Wildman–Crippen MR) is 62.5 cm³/mol. The molecule has 2 heterocycles. The van der Waals surface area contributed by atoms with E-state index in [4.69, 9.17) is 4.52 Å². The molecule has 0 aromatic carbocycles. The first-order valence-corrected chi connectivity index (χ1v) is 6.53. The third-order valence-electron chi connectivity index (χ3n) is 3.51. The summed E-state index contributed by atoms with van der Waals surface area (Å²) in [5, 5.41) is 6.70. The molecule has 2 atom stereocenters. The van der Waals surface area contributed by atoms with Gasteiger partial charge in [-0.05, 0) is 37.8 Å². The lowest BCUT2D eigenvalue weighted by Crippen LogP contribution is -2.33. The Labute approximate surface area is 109 Å². The molecule has 19 heavy (non-hydrogen) atoms. The minimum absolute atomic E-state index is 0.281. The fraction of sp³-hybridized carbons (Fsp3) is 0.833. The van der Waals surface area contributed by atoms with Gasteiger partial charge in [0.2, 0.25) is 5.89 Å². The Morgan fingerprint density at radius 1 is 1.47 bits per heavy atom. The van der Waals surface area contributed by atoms with E-state index in [-0.39, 0.29) is 5.82 Å². The molecule has 2 rings (SSSR count). The van der Waals surface area contributed by atoms with Gasteiger partial charge in [0.1, 0.15) is 6.42 Å². The van der Waals surface area contributed by atoms with Crippen LogP contribution in [0.1, 0.15) is 31.5 Å². The second kappa shape index (κ2) is 5.90. The fourth-order valence-electron chi connectivity index (χ4n) is 2.43. The van der Waals surface area contributed by atoms with Crippen LogP contribution in [-0.2, 0) is 12.8 Å². The molecule has 1 aliphatic heterocycles. The number of halogens is 3. The van der Waals surface area contributed by atoms with Crippen LogP contribution in [-0.4, -0.2) is 29.4 Å². The third kappa shape index (κ3) is 4.49. The Kier molecular flexibility index (Phi) is 4.44. The summed E-state index contributed by atoms with van der Waals surface area (Å²) in [5.74, 6) is 0.868. The second-order valence-corrected chi connectivity index (χ2v) is 5.18. The largest absolute Gasteiger partial charge is 0.396 e. The molecule has 0 radical (unpaired) electrons. The van der Waals surface area contributed by atoms with Crippen LogP contribution in [0.5, 0.6) is 0 Å². The molecule has 2 unspecified atom stereocenters. The van der Waals surface area contributed by atoms with Crippen molar-refractivity contribution in [2.45, 2.75) is 38.8 Å². The van der Waals surface area contributed by atoms with Crippen molar-refractivity contribution >= 4 is 0 Å². The summed E-state index contributed by atoms with van der Waals surface area (Å²) in [6.07, 6.45) is -2.61. The van der Waals surface area contributed by atoms with Crippen LogP contribution in [0.4, 0.5) is 13.2 Å². The van der Waals surface area contributed by atoms with Crippen LogP contribution >= 0.6 is 0 Å². The highest BCUT2D eigenvalue weighted by molar-refractivity contribution is 4.91. The first-order valence-electron chi connectivity index (χ1n) is 6.53. The topological polar surface area (TPSA) is 51.0 Å². The smallest absolute Gasteiger partial charge is 0.339 e. The van der Waals surface area contributed by atoms with Crippen LogP contribution in [0.2, 0.25) is 0 Å². The van der Waals surface area contributed by atoms with Crippen molar-refractivity contribution in [3.05, 3.63) is 11.7 Å². The van der Waals surface area contributed by atoms with Gasteiger partial charge < -0.3 is 9.84 Å². The number of nitrogens with one attached hydrogen (secondary N) is 1. The van der Waals surface area contributed by atoms with Crippen LogP contribution in [0.15, 0.2) is 4.52 Å². The zero-order valence-corrected chi connectivity index (χ0v) is 10.8. The van der Waals surface area contributed by atoms with E-state index in [9.17, 15) is 13.2 Å². The molecule has 1 aliphatic rings. The van der Waals surface area contributed by atoms with E-state index in [2.05, 4.69) is 22.4 Å². The summed E-state index contributed by atoms with van der Waals surface area (Å²) < 4.78 is 41.4. The molecule has 7 heteroatoms. The maximum Gasteiger partial charge on any atom is 0.396 e. The summed E-state index contributed by atoms with van der Waals surface area (Å²) in [5.41, 5.74) is 0. The van der Waals surface area contributed by atoms with Gasteiger partial charge in [-0.2, -0.15) is 18.2 Å². The molecule has 108 valence electrons. The Morgan fingerprint density at radius 3 is 2.89 bits per heavy atom. The van der Waals surface area contributed by atoms with Crippen molar-refractivity contribution in [3.63, 3.8) is 0 Å². The molecule has 0 saturated carbocycles. The molecule has 1 N–H and O–H groups in total. The van der Waals surface area contributed by atoms with E-state index in [1.54, 1.807) is 0 Å². The molecule has 0 aliphatic carbocycles. The van der Waals surface area contributed by atoms with Gasteiger partial charge in [-0.15, -0.1) is 0 Å². The number of nitrogens with zero attached hydrogens (tertiary/aromatic N) is 2. The quantitative estimate of drug-likeness (QED) is 0.918. The standard InChI is InChI=1S/C12H18F3N3O/c1-8(9-3-2-4-16-7-9)5-11-17-10(18-19-11)6-12(13,14)15/h8-9,16H,2-7H2,1H3. The minimum atomic E-state index is -4.29. The number of piperidine rings is 1. The summed E-state index contributed by atoms with van der Waals surface area (Å²) >= 11 is 0. The molecule has 4 nitrogen and oxygen atoms in total. The van der Waals surface area contributed by atoms with Gasteiger partial charge in [-0.3, -0.25) is 0 Å². The van der Waals surface area contributed by atoms with Crippen LogP contribution < -0.4 is 5.32 Å². The minimum Gasteiger partial charge on any atom is -0.339 e. The van der Waals surface area contributed by atoms with Crippen molar-refractivity contribution in [1.29, 1.82) is 0 Å². The Morgan fingerprint density at radius 2 is 2.26 bits per heavy atom. The normalized spacial score (nSPS) is 22.4. The first kappa shape index (κ1) is 14.3. The van der Waals surface area contributed by atoms with Crippen LogP contribution in [0.25, 0.3) is 0 Å². The zero-order chi connectivity index (χ0) is 13.9. The molecule has 1 fully saturated rings. The molecule has 1 aromatic heterocycles. The average molecular weight is 277 g/mol. The van der Waals surface area contributed by atoms with E-state index in [0.717, 1.165) is 25.9 Å². The molecule has 0 spiro atoms. The summed E-state index contributed by atoms with van der Waals surface area (Å²) in [7, 11) is 0. The summed E-state index contributed by atoms with van der Waals surface area (Å²) in [4.78, 5) is 3.81. The maximum absolute atomic E-state index is 12.2. The van der Waals surface area contributed by atoms with E-state index in [1.165, 1.54) is 0 Å². The van der Waals surface area contributed by atoms with Gasteiger partial charge in [0.05, 0.1) is 0 Å². The summed E-state index contributed by atoms with van der Waals surface area (Å²) in [6, 6.07) is 0. The number of alkyl halides is 3. The Hall–Kier alpha value is -1.11. The van der Waals surface area contributed by atoms with Crippen molar-refractivity contribution in [2.24, 2.45) is 11.8 Å². The number of hydrogen-bond acceptors (Lipinski definition) is 4. The van der Waals surface area contributed by atoms with Crippen LogP contribution in [0, 0.1) is 11.8 Å². The highest BCUT2D eigenvalue weighted by atomic mass is 19.4. The van der Waals surface area contributed by atoms with E-state index in [0.29, 0.717) is 24.1 Å². The SMILES string of the molecule is CC(Cc1nc(CC(F)(F)F)no1)C1CCCNC1. The van der Waals surface area contributed by atoms with Gasteiger partial charge in [0.25, 0.3) is 0 Å². The van der Waals surface area contributed by atoms with Gasteiger partial charge in [-0.25, -0.2) is 0 Å². The Balaban J connectivity index is 1.88. The second-order valence-electron chi connectivity index (χ2n) is 5.18. The zero-order valence-electron chi connectivity index (χ0n) is 10.8. The molecule has 0 bridgehead atoms. The average Bonchev–Trinajstić information content (AvgIpc) is 2.75. The lowest BCUT2D eigenvalue weighted by atomic mass is 9.85. The Bertz CT molecular complexity index is 399. The molecular formula is C12H18F3N3O. The molecular weight excluding hydrogens is 259 g/mol. The molecule has 0 amide bonds. The van der Waals surface area contributed by atoms with Crippen molar-refractivity contribution in [3.8, 4) is 0 Å². The third-order valence-corrected chi connectivity index (χ3v) is 3.51. The maximum atomic E-state index is 12.2. The van der Waals surface area contributed by atoms with Crippen molar-refractivity contribution in [2.75, 3.05) is 13.1 Å². The predicted octanol–water partition coefficient (Wildman–Crippen LogP) is 2.35. The fourth-order valence-corrected chi connectivity index (χ4v) is 2.43. The van der Waals surface area contributed by atoms with Crippen LogP contribution in [0.3, 0.4) is 0 Å². The lowest BCUT2D eigenvalue weighted by Gasteiger charge is -2.27. The highest BCUT2D eigenvalue weighted by Gasteiger charge is 2.31. The first-order chi connectivity index (χ1) is 8.94. The lowest BCUT2D eigenvalue weighted by molar-refractivity contribution is -0.128. The van der Waals surface area contributed by atoms with E-state index in [1.807, 2.05) is 0 Å². The van der Waals surface area contributed by atoms with Crippen molar-refractivity contribution < 1.29 is 17.7 Å². The summed E-state index contributed by atoms with van der Waals surface area (Å²) in [6.45, 7) is 4.06. The van der Waals surface area contributed by atoms with Gasteiger partial charge in [-0.1, -0.05) is 12.1 Å². The van der Waals surface area contributed by atoms with Gasteiger partial charge in [0, 0.05) is 6.42 Å². The van der Waals surface area contributed by atoms with Gasteiger partial charge in [0.15, 0.2) is 5.82 Å². The number of rotatable bonds is 4. The molecule has 1 aromatic rings.